The Labute approximate surface area is 136 Å². The quantitative estimate of drug-likeness (QED) is 0.722. The van der Waals surface area contributed by atoms with Crippen molar-refractivity contribution in [3.8, 4) is 0 Å². The van der Waals surface area contributed by atoms with Gasteiger partial charge in [0.05, 0.1) is 0 Å². The Balaban J connectivity index is 1.99. The van der Waals surface area contributed by atoms with Gasteiger partial charge in [0.25, 0.3) is 0 Å². The molecule has 2 aromatic carbocycles. The monoisotopic (exact) mass is 318 g/mol. The van der Waals surface area contributed by atoms with Gasteiger partial charge in [-0.1, -0.05) is 43.6 Å². The van der Waals surface area contributed by atoms with E-state index in [9.17, 15) is 0 Å². The number of nitrogens with one attached hydrogen (secondary N) is 2. The summed E-state index contributed by atoms with van der Waals surface area (Å²) in [7, 11) is 0. The van der Waals surface area contributed by atoms with Crippen molar-refractivity contribution in [3.05, 3.63) is 58.6 Å². The number of rotatable bonds is 3. The lowest BCUT2D eigenvalue weighted by Crippen LogP contribution is -2.19. The molecule has 0 saturated carbocycles. The van der Waals surface area contributed by atoms with E-state index in [0.29, 0.717) is 11.0 Å². The third kappa shape index (κ3) is 4.45. The highest BCUT2D eigenvalue weighted by atomic mass is 35.5. The Morgan fingerprint density at radius 2 is 1.57 bits per heavy atom. The molecular formula is C17H19ClN2S. The standard InChI is InChI=1S/C17H19ClN2S/c1-11(2)13-5-8-14(9-6-13)19-17(21)20-15-7-4-12(3)16(18)10-15/h4-11H,1-3H3,(H2,19,20,21). The number of anilines is 2. The Morgan fingerprint density at radius 1 is 1.00 bits per heavy atom. The van der Waals surface area contributed by atoms with E-state index in [2.05, 4.69) is 36.6 Å². The molecule has 2 N–H and O–H groups in total. The van der Waals surface area contributed by atoms with E-state index >= 15 is 0 Å². The maximum absolute atomic E-state index is 6.10. The van der Waals surface area contributed by atoms with Crippen LogP contribution in [0.5, 0.6) is 0 Å². The van der Waals surface area contributed by atoms with Crippen LogP contribution in [-0.2, 0) is 0 Å². The number of halogens is 1. The highest BCUT2D eigenvalue weighted by Crippen LogP contribution is 2.21. The Morgan fingerprint density at radius 3 is 2.14 bits per heavy atom. The van der Waals surface area contributed by atoms with Gasteiger partial charge in [-0.2, -0.15) is 0 Å². The van der Waals surface area contributed by atoms with Crippen LogP contribution in [0, 0.1) is 6.92 Å². The predicted octanol–water partition coefficient (Wildman–Crippen LogP) is 5.58. The number of benzene rings is 2. The number of hydrogen-bond acceptors (Lipinski definition) is 1. The highest BCUT2D eigenvalue weighted by molar-refractivity contribution is 7.80. The van der Waals surface area contributed by atoms with Crippen molar-refractivity contribution in [1.29, 1.82) is 0 Å². The lowest BCUT2D eigenvalue weighted by molar-refractivity contribution is 0.867. The van der Waals surface area contributed by atoms with Gasteiger partial charge in [-0.25, -0.2) is 0 Å². The van der Waals surface area contributed by atoms with Crippen molar-refractivity contribution in [3.63, 3.8) is 0 Å². The Hall–Kier alpha value is -1.58. The molecule has 0 fully saturated rings. The summed E-state index contributed by atoms with van der Waals surface area (Å²) < 4.78 is 0. The van der Waals surface area contributed by atoms with Crippen LogP contribution in [0.4, 0.5) is 11.4 Å². The van der Waals surface area contributed by atoms with E-state index < -0.39 is 0 Å². The third-order valence-corrected chi connectivity index (χ3v) is 3.88. The summed E-state index contributed by atoms with van der Waals surface area (Å²) in [4.78, 5) is 0. The van der Waals surface area contributed by atoms with Gasteiger partial charge in [-0.3, -0.25) is 0 Å². The lowest BCUT2D eigenvalue weighted by atomic mass is 10.0. The predicted molar refractivity (Wildman–Crippen MR) is 96.6 cm³/mol. The van der Waals surface area contributed by atoms with Crippen molar-refractivity contribution >= 4 is 40.3 Å². The zero-order valence-corrected chi connectivity index (χ0v) is 14.0. The van der Waals surface area contributed by atoms with E-state index in [0.717, 1.165) is 22.0 Å². The molecule has 0 aliphatic carbocycles. The van der Waals surface area contributed by atoms with Gasteiger partial charge in [0.2, 0.25) is 0 Å². The second kappa shape index (κ2) is 6.92. The van der Waals surface area contributed by atoms with E-state index in [-0.39, 0.29) is 0 Å². The first kappa shape index (κ1) is 15.8. The molecule has 0 aliphatic heterocycles. The second-order valence-electron chi connectivity index (χ2n) is 5.32. The first-order valence-electron chi connectivity index (χ1n) is 6.90. The minimum atomic E-state index is 0.527. The molecule has 2 rings (SSSR count). The topological polar surface area (TPSA) is 24.1 Å². The fourth-order valence-corrected chi connectivity index (χ4v) is 2.33. The molecule has 0 radical (unpaired) electrons. The van der Waals surface area contributed by atoms with Gasteiger partial charge >= 0.3 is 0 Å². The van der Waals surface area contributed by atoms with Crippen LogP contribution < -0.4 is 10.6 Å². The van der Waals surface area contributed by atoms with Crippen molar-refractivity contribution in [2.45, 2.75) is 26.7 Å². The molecule has 0 spiro atoms. The summed E-state index contributed by atoms with van der Waals surface area (Å²) in [5.41, 5.74) is 4.20. The van der Waals surface area contributed by atoms with Crippen molar-refractivity contribution < 1.29 is 0 Å². The zero-order chi connectivity index (χ0) is 15.4. The smallest absolute Gasteiger partial charge is 0.175 e. The van der Waals surface area contributed by atoms with Gasteiger partial charge in [0.1, 0.15) is 0 Å². The maximum atomic E-state index is 6.10. The summed E-state index contributed by atoms with van der Waals surface area (Å²) in [6.45, 7) is 6.32. The highest BCUT2D eigenvalue weighted by Gasteiger charge is 2.03. The van der Waals surface area contributed by atoms with Crippen LogP contribution in [-0.4, -0.2) is 5.11 Å². The molecule has 0 aliphatic rings. The van der Waals surface area contributed by atoms with Gasteiger partial charge in [-0.05, 0) is 60.5 Å². The molecule has 0 heterocycles. The minimum Gasteiger partial charge on any atom is -0.332 e. The van der Waals surface area contributed by atoms with Crippen LogP contribution in [0.15, 0.2) is 42.5 Å². The maximum Gasteiger partial charge on any atom is 0.175 e. The van der Waals surface area contributed by atoms with E-state index in [1.165, 1.54) is 5.56 Å². The molecular weight excluding hydrogens is 300 g/mol. The van der Waals surface area contributed by atoms with Crippen molar-refractivity contribution in [1.82, 2.24) is 0 Å². The molecule has 0 saturated heterocycles. The van der Waals surface area contributed by atoms with Gasteiger partial charge in [-0.15, -0.1) is 0 Å². The number of thiocarbonyl (C=S) groups is 1. The van der Waals surface area contributed by atoms with Gasteiger partial charge in [0, 0.05) is 16.4 Å². The first-order valence-corrected chi connectivity index (χ1v) is 7.68. The fourth-order valence-electron chi connectivity index (χ4n) is 1.92. The molecule has 0 unspecified atom stereocenters. The number of aryl methyl sites for hydroxylation is 1. The molecule has 0 amide bonds. The van der Waals surface area contributed by atoms with Crippen molar-refractivity contribution in [2.75, 3.05) is 10.6 Å². The normalized spacial score (nSPS) is 10.5. The lowest BCUT2D eigenvalue weighted by Gasteiger charge is -2.12. The van der Waals surface area contributed by atoms with E-state index in [1.807, 2.05) is 37.3 Å². The summed E-state index contributed by atoms with van der Waals surface area (Å²) in [5.74, 6) is 0.527. The van der Waals surface area contributed by atoms with Gasteiger partial charge < -0.3 is 10.6 Å². The van der Waals surface area contributed by atoms with E-state index in [4.69, 9.17) is 23.8 Å². The summed E-state index contributed by atoms with van der Waals surface area (Å²) >= 11 is 11.4. The molecule has 0 aromatic heterocycles. The average Bonchev–Trinajstić information content (AvgIpc) is 2.43. The van der Waals surface area contributed by atoms with Crippen molar-refractivity contribution in [2.24, 2.45) is 0 Å². The minimum absolute atomic E-state index is 0.527. The third-order valence-electron chi connectivity index (χ3n) is 3.26. The average molecular weight is 319 g/mol. The second-order valence-corrected chi connectivity index (χ2v) is 6.14. The van der Waals surface area contributed by atoms with Crippen LogP contribution >= 0.6 is 23.8 Å². The summed E-state index contributed by atoms with van der Waals surface area (Å²) in [6.07, 6.45) is 0. The molecule has 110 valence electrons. The zero-order valence-electron chi connectivity index (χ0n) is 12.4. The van der Waals surface area contributed by atoms with Crippen LogP contribution in [0.1, 0.15) is 30.9 Å². The largest absolute Gasteiger partial charge is 0.332 e. The van der Waals surface area contributed by atoms with Gasteiger partial charge in [0.15, 0.2) is 5.11 Å². The Bertz CT molecular complexity index is 636. The molecule has 21 heavy (non-hydrogen) atoms. The molecule has 0 bridgehead atoms. The SMILES string of the molecule is Cc1ccc(NC(=S)Nc2ccc(C(C)C)cc2)cc1Cl. The first-order chi connectivity index (χ1) is 9.95. The van der Waals surface area contributed by atoms with Crippen LogP contribution in [0.25, 0.3) is 0 Å². The molecule has 0 atom stereocenters. The van der Waals surface area contributed by atoms with Crippen LogP contribution in [0.3, 0.4) is 0 Å². The Kier molecular flexibility index (Phi) is 5.21. The molecule has 2 nitrogen and oxygen atoms in total. The summed E-state index contributed by atoms with van der Waals surface area (Å²) in [5, 5.41) is 7.57. The fraction of sp³-hybridized carbons (Fsp3) is 0.235. The number of hydrogen-bond donors (Lipinski definition) is 2. The van der Waals surface area contributed by atoms with E-state index in [1.54, 1.807) is 0 Å². The molecule has 4 heteroatoms. The van der Waals surface area contributed by atoms with Crippen LogP contribution in [0.2, 0.25) is 5.02 Å². The molecule has 2 aromatic rings. The summed E-state index contributed by atoms with van der Waals surface area (Å²) in [6, 6.07) is 14.1.